The molecule has 0 aliphatic heterocycles. The first kappa shape index (κ1) is 14.5. The molecule has 1 aromatic heterocycles. The van der Waals surface area contributed by atoms with Crippen LogP contribution < -0.4 is 9.47 Å². The quantitative estimate of drug-likeness (QED) is 0.702. The molecule has 0 spiro atoms. The van der Waals surface area contributed by atoms with Crippen LogP contribution in [0.3, 0.4) is 0 Å². The Balaban J connectivity index is 1.93. The number of halogens is 1. The van der Waals surface area contributed by atoms with Crippen LogP contribution in [0.4, 0.5) is 0 Å². The number of oxazole rings is 1. The van der Waals surface area contributed by atoms with Crippen LogP contribution in [-0.2, 0) is 0 Å². The summed E-state index contributed by atoms with van der Waals surface area (Å²) in [4.78, 5) is 4.38. The number of rotatable bonds is 4. The van der Waals surface area contributed by atoms with E-state index in [1.165, 1.54) is 0 Å². The minimum Gasteiger partial charge on any atom is -0.493 e. The van der Waals surface area contributed by atoms with Gasteiger partial charge in [-0.1, -0.05) is 23.7 Å². The van der Waals surface area contributed by atoms with Crippen LogP contribution in [0.25, 0.3) is 23.3 Å². The number of fused-ring (bicyclic) bond motifs is 1. The van der Waals surface area contributed by atoms with Crippen molar-refractivity contribution < 1.29 is 13.9 Å². The first-order valence-corrected chi connectivity index (χ1v) is 7.04. The van der Waals surface area contributed by atoms with Gasteiger partial charge in [-0.25, -0.2) is 4.98 Å². The molecule has 0 saturated heterocycles. The van der Waals surface area contributed by atoms with Crippen LogP contribution in [0.2, 0.25) is 5.02 Å². The van der Waals surface area contributed by atoms with E-state index in [1.54, 1.807) is 26.4 Å². The van der Waals surface area contributed by atoms with Gasteiger partial charge in [-0.05, 0) is 35.9 Å². The van der Waals surface area contributed by atoms with Gasteiger partial charge in [0.15, 0.2) is 17.1 Å². The number of hydrogen-bond acceptors (Lipinski definition) is 4. The summed E-state index contributed by atoms with van der Waals surface area (Å²) in [5.74, 6) is 1.63. The molecule has 0 radical (unpaired) electrons. The molecule has 3 rings (SSSR count). The van der Waals surface area contributed by atoms with E-state index in [4.69, 9.17) is 25.5 Å². The highest BCUT2D eigenvalue weighted by atomic mass is 35.5. The molecule has 0 fully saturated rings. The second-order valence-electron chi connectivity index (χ2n) is 4.59. The van der Waals surface area contributed by atoms with E-state index in [9.17, 15) is 0 Å². The second-order valence-corrected chi connectivity index (χ2v) is 5.00. The zero-order valence-electron chi connectivity index (χ0n) is 12.2. The Morgan fingerprint density at radius 3 is 2.64 bits per heavy atom. The van der Waals surface area contributed by atoms with Crippen molar-refractivity contribution in [3.05, 3.63) is 52.9 Å². The summed E-state index contributed by atoms with van der Waals surface area (Å²) in [6.45, 7) is 0. The molecule has 5 heteroatoms. The highest BCUT2D eigenvalue weighted by Crippen LogP contribution is 2.36. The Bertz CT molecular complexity index is 806. The van der Waals surface area contributed by atoms with E-state index in [0.717, 1.165) is 16.7 Å². The van der Waals surface area contributed by atoms with Gasteiger partial charge in [-0.15, -0.1) is 0 Å². The van der Waals surface area contributed by atoms with E-state index in [0.29, 0.717) is 22.4 Å². The van der Waals surface area contributed by atoms with Gasteiger partial charge in [0, 0.05) is 6.08 Å². The fourth-order valence-electron chi connectivity index (χ4n) is 2.16. The van der Waals surface area contributed by atoms with Crippen molar-refractivity contribution in [2.24, 2.45) is 0 Å². The van der Waals surface area contributed by atoms with Crippen LogP contribution >= 0.6 is 11.6 Å². The van der Waals surface area contributed by atoms with Crippen molar-refractivity contribution in [2.45, 2.75) is 0 Å². The van der Waals surface area contributed by atoms with Crippen LogP contribution in [-0.4, -0.2) is 19.2 Å². The molecule has 22 heavy (non-hydrogen) atoms. The largest absolute Gasteiger partial charge is 0.493 e. The molecule has 0 bridgehead atoms. The minimum atomic E-state index is 0.485. The lowest BCUT2D eigenvalue weighted by molar-refractivity contribution is 0.355. The Morgan fingerprint density at radius 2 is 1.91 bits per heavy atom. The Labute approximate surface area is 132 Å². The van der Waals surface area contributed by atoms with Crippen molar-refractivity contribution in [3.63, 3.8) is 0 Å². The molecule has 0 saturated carbocycles. The van der Waals surface area contributed by atoms with Crippen molar-refractivity contribution in [3.8, 4) is 11.5 Å². The zero-order chi connectivity index (χ0) is 15.5. The summed E-state index contributed by atoms with van der Waals surface area (Å²) in [7, 11) is 3.13. The van der Waals surface area contributed by atoms with Crippen molar-refractivity contribution in [2.75, 3.05) is 14.2 Å². The predicted molar refractivity (Wildman–Crippen MR) is 87.5 cm³/mol. The highest BCUT2D eigenvalue weighted by molar-refractivity contribution is 6.32. The Hall–Kier alpha value is -2.46. The van der Waals surface area contributed by atoms with E-state index in [1.807, 2.05) is 36.4 Å². The standard InChI is InChI=1S/C17H14ClNO3/c1-20-15-10-11(9-12(18)17(15)21-2)7-8-16-19-13-5-3-4-6-14(13)22-16/h3-10H,1-2H3/b8-7+. The molecule has 0 aliphatic carbocycles. The third-order valence-corrected chi connectivity index (χ3v) is 3.47. The average molecular weight is 316 g/mol. The first-order valence-electron chi connectivity index (χ1n) is 6.66. The van der Waals surface area contributed by atoms with Gasteiger partial charge in [-0.3, -0.25) is 0 Å². The summed E-state index contributed by atoms with van der Waals surface area (Å²) in [6, 6.07) is 11.3. The molecule has 0 amide bonds. The third kappa shape index (κ3) is 2.78. The number of para-hydroxylation sites is 2. The molecule has 0 aliphatic rings. The molecule has 0 unspecified atom stereocenters. The monoisotopic (exact) mass is 315 g/mol. The number of benzene rings is 2. The van der Waals surface area contributed by atoms with Gasteiger partial charge < -0.3 is 13.9 Å². The maximum atomic E-state index is 6.18. The summed E-state index contributed by atoms with van der Waals surface area (Å²) < 4.78 is 16.1. The van der Waals surface area contributed by atoms with Gasteiger partial charge in [0.25, 0.3) is 0 Å². The van der Waals surface area contributed by atoms with Crippen LogP contribution in [0.1, 0.15) is 11.5 Å². The van der Waals surface area contributed by atoms with Gasteiger partial charge in [0.2, 0.25) is 5.89 Å². The normalized spacial score (nSPS) is 11.2. The molecule has 3 aromatic rings. The molecule has 0 atom stereocenters. The van der Waals surface area contributed by atoms with Crippen LogP contribution in [0.15, 0.2) is 40.8 Å². The highest BCUT2D eigenvalue weighted by Gasteiger charge is 2.10. The SMILES string of the molecule is COc1cc(/C=C/c2nc3ccccc3o2)cc(Cl)c1OC. The number of methoxy groups -OCH3 is 2. The summed E-state index contributed by atoms with van der Waals surface area (Å²) in [5.41, 5.74) is 2.45. The first-order chi connectivity index (χ1) is 10.7. The van der Waals surface area contributed by atoms with E-state index in [2.05, 4.69) is 4.98 Å². The lowest BCUT2D eigenvalue weighted by Gasteiger charge is -2.09. The zero-order valence-corrected chi connectivity index (χ0v) is 12.9. The van der Waals surface area contributed by atoms with Crippen molar-refractivity contribution >= 4 is 34.9 Å². The van der Waals surface area contributed by atoms with Gasteiger partial charge in [0.1, 0.15) is 5.52 Å². The topological polar surface area (TPSA) is 44.5 Å². The van der Waals surface area contributed by atoms with Crippen LogP contribution in [0, 0.1) is 0 Å². The molecule has 0 N–H and O–H groups in total. The molecule has 1 heterocycles. The van der Waals surface area contributed by atoms with Gasteiger partial charge in [0.05, 0.1) is 19.2 Å². The fraction of sp³-hybridized carbons (Fsp3) is 0.118. The molecular formula is C17H14ClNO3. The van der Waals surface area contributed by atoms with Gasteiger partial charge in [-0.2, -0.15) is 0 Å². The number of nitrogens with zero attached hydrogens (tertiary/aromatic N) is 1. The minimum absolute atomic E-state index is 0.485. The Kier molecular flexibility index (Phi) is 4.02. The summed E-state index contributed by atoms with van der Waals surface area (Å²) in [5, 5.41) is 0.485. The molecule has 112 valence electrons. The second kappa shape index (κ2) is 6.12. The van der Waals surface area contributed by atoms with E-state index >= 15 is 0 Å². The smallest absolute Gasteiger partial charge is 0.220 e. The third-order valence-electron chi connectivity index (χ3n) is 3.18. The van der Waals surface area contributed by atoms with Crippen LogP contribution in [0.5, 0.6) is 11.5 Å². The lowest BCUT2D eigenvalue weighted by atomic mass is 10.2. The van der Waals surface area contributed by atoms with E-state index in [-0.39, 0.29) is 0 Å². The number of aromatic nitrogens is 1. The summed E-state index contributed by atoms with van der Waals surface area (Å²) in [6.07, 6.45) is 3.65. The predicted octanol–water partition coefficient (Wildman–Crippen LogP) is 4.67. The maximum absolute atomic E-state index is 6.18. The molecule has 2 aromatic carbocycles. The number of ether oxygens (including phenoxy) is 2. The lowest BCUT2D eigenvalue weighted by Crippen LogP contribution is -1.92. The fourth-order valence-corrected chi connectivity index (χ4v) is 2.46. The molecule has 4 nitrogen and oxygen atoms in total. The van der Waals surface area contributed by atoms with E-state index < -0.39 is 0 Å². The van der Waals surface area contributed by atoms with Crippen molar-refractivity contribution in [1.82, 2.24) is 4.98 Å². The van der Waals surface area contributed by atoms with Crippen molar-refractivity contribution in [1.29, 1.82) is 0 Å². The Morgan fingerprint density at radius 1 is 1.09 bits per heavy atom. The molecular weight excluding hydrogens is 302 g/mol. The average Bonchev–Trinajstić information content (AvgIpc) is 2.95. The number of hydrogen-bond donors (Lipinski definition) is 0. The van der Waals surface area contributed by atoms with Gasteiger partial charge >= 0.3 is 0 Å². The maximum Gasteiger partial charge on any atom is 0.220 e. The summed E-state index contributed by atoms with van der Waals surface area (Å²) >= 11 is 6.18.